The first-order valence-corrected chi connectivity index (χ1v) is 6.79. The first kappa shape index (κ1) is 12.7. The van der Waals surface area contributed by atoms with Crippen LogP contribution in [0.2, 0.25) is 0 Å². The summed E-state index contributed by atoms with van der Waals surface area (Å²) in [6.45, 7) is 3.21. The Morgan fingerprint density at radius 2 is 1.50 bits per heavy atom. The second kappa shape index (κ2) is 4.18. The van der Waals surface area contributed by atoms with Crippen LogP contribution in [-0.4, -0.2) is 30.6 Å². The van der Waals surface area contributed by atoms with Gasteiger partial charge in [-0.05, 0) is 26.0 Å². The van der Waals surface area contributed by atoms with Crippen molar-refractivity contribution in [1.29, 1.82) is 0 Å². The predicted molar refractivity (Wildman–Crippen MR) is 64.1 cm³/mol. The highest BCUT2D eigenvalue weighted by Gasteiger charge is 2.43. The second-order valence-electron chi connectivity index (χ2n) is 4.20. The summed E-state index contributed by atoms with van der Waals surface area (Å²) in [7, 11) is -4.14. The molecule has 0 saturated carbocycles. The molecule has 0 atom stereocenters. The molecule has 0 aliphatic carbocycles. The maximum atomic E-state index is 11.9. The van der Waals surface area contributed by atoms with Gasteiger partial charge in [-0.2, -0.15) is 17.4 Å². The zero-order valence-electron chi connectivity index (χ0n) is 9.88. The van der Waals surface area contributed by atoms with Crippen LogP contribution in [0.3, 0.4) is 0 Å². The maximum Gasteiger partial charge on any atom is 0.311 e. The number of fused-ring (bicyclic) bond motifs is 1. The number of hydrogen-bond donors (Lipinski definition) is 1. The minimum absolute atomic E-state index is 0.108. The number of nitrogens with zero attached hydrogens (tertiary/aromatic N) is 1. The Kier molecular flexibility index (Phi) is 2.95. The van der Waals surface area contributed by atoms with Gasteiger partial charge >= 0.3 is 10.2 Å². The summed E-state index contributed by atoms with van der Waals surface area (Å²) in [6.07, 6.45) is 0. The fourth-order valence-corrected chi connectivity index (χ4v) is 3.07. The van der Waals surface area contributed by atoms with Gasteiger partial charge in [0, 0.05) is 6.04 Å². The molecule has 1 aromatic rings. The molecule has 0 spiro atoms. The van der Waals surface area contributed by atoms with Gasteiger partial charge in [0.1, 0.15) is 0 Å². The zero-order chi connectivity index (χ0) is 13.5. The average molecular weight is 268 g/mol. The lowest BCUT2D eigenvalue weighted by atomic mass is 10.1. The van der Waals surface area contributed by atoms with Gasteiger partial charge in [0.15, 0.2) is 0 Å². The van der Waals surface area contributed by atoms with Gasteiger partial charge in [-0.1, -0.05) is 12.1 Å². The molecule has 0 fully saturated rings. The number of hydrogen-bond acceptors (Lipinski definition) is 4. The van der Waals surface area contributed by atoms with E-state index in [0.29, 0.717) is 0 Å². The predicted octanol–water partition coefficient (Wildman–Crippen LogP) is 0.525. The highest BCUT2D eigenvalue weighted by molar-refractivity contribution is 7.88. The van der Waals surface area contributed by atoms with Crippen LogP contribution in [0.15, 0.2) is 24.3 Å². The Hall–Kier alpha value is -1.73. The number of carbonyl (C=O) groups excluding carboxylic acids is 2. The summed E-state index contributed by atoms with van der Waals surface area (Å²) in [6, 6.07) is 5.62. The van der Waals surface area contributed by atoms with E-state index in [-0.39, 0.29) is 15.4 Å². The van der Waals surface area contributed by atoms with Crippen molar-refractivity contribution in [2.45, 2.75) is 19.9 Å². The summed E-state index contributed by atoms with van der Waals surface area (Å²) in [4.78, 5) is 23.8. The van der Waals surface area contributed by atoms with Crippen molar-refractivity contribution >= 4 is 22.0 Å². The van der Waals surface area contributed by atoms with E-state index >= 15 is 0 Å². The lowest BCUT2D eigenvalue weighted by Gasteiger charge is -2.16. The fraction of sp³-hybridized carbons (Fsp3) is 0.273. The minimum atomic E-state index is -4.14. The molecule has 2 rings (SSSR count). The Morgan fingerprint density at radius 3 is 1.89 bits per heavy atom. The van der Waals surface area contributed by atoms with Crippen LogP contribution in [0.5, 0.6) is 0 Å². The van der Waals surface area contributed by atoms with Crippen molar-refractivity contribution in [2.24, 2.45) is 0 Å². The normalized spacial score (nSPS) is 15.4. The van der Waals surface area contributed by atoms with E-state index in [9.17, 15) is 18.0 Å². The maximum absolute atomic E-state index is 11.9. The first-order chi connectivity index (χ1) is 8.34. The first-order valence-electron chi connectivity index (χ1n) is 5.35. The van der Waals surface area contributed by atoms with Crippen LogP contribution in [0, 0.1) is 0 Å². The molecule has 0 saturated heterocycles. The SMILES string of the molecule is CC(C)NS(=O)(=O)N1C(=O)c2ccccc2C1=O. The van der Waals surface area contributed by atoms with Gasteiger partial charge in [0.2, 0.25) is 0 Å². The summed E-state index contributed by atoms with van der Waals surface area (Å²) in [5, 5.41) is 0. The molecule has 1 aromatic carbocycles. The third kappa shape index (κ3) is 1.91. The molecule has 1 heterocycles. The highest BCUT2D eigenvalue weighted by Crippen LogP contribution is 2.24. The van der Waals surface area contributed by atoms with Crippen molar-refractivity contribution in [1.82, 2.24) is 9.03 Å². The number of amides is 2. The Morgan fingerprint density at radius 1 is 1.06 bits per heavy atom. The molecule has 96 valence electrons. The molecule has 7 heteroatoms. The lowest BCUT2D eigenvalue weighted by Crippen LogP contribution is -2.46. The van der Waals surface area contributed by atoms with Gasteiger partial charge in [0.25, 0.3) is 11.8 Å². The summed E-state index contributed by atoms with van der Waals surface area (Å²) in [5.74, 6) is -1.63. The second-order valence-corrected chi connectivity index (χ2v) is 5.75. The van der Waals surface area contributed by atoms with Crippen molar-refractivity contribution in [3.05, 3.63) is 35.4 Å². The molecular weight excluding hydrogens is 256 g/mol. The van der Waals surface area contributed by atoms with Gasteiger partial charge < -0.3 is 0 Å². The largest absolute Gasteiger partial charge is 0.311 e. The summed E-state index contributed by atoms with van der Waals surface area (Å²) >= 11 is 0. The minimum Gasteiger partial charge on any atom is -0.267 e. The van der Waals surface area contributed by atoms with E-state index in [4.69, 9.17) is 0 Å². The Labute approximate surface area is 105 Å². The van der Waals surface area contributed by atoms with Crippen LogP contribution >= 0.6 is 0 Å². The van der Waals surface area contributed by atoms with Gasteiger partial charge in [-0.25, -0.2) is 0 Å². The van der Waals surface area contributed by atoms with Gasteiger partial charge in [-0.15, -0.1) is 0 Å². The quantitative estimate of drug-likeness (QED) is 0.810. The van der Waals surface area contributed by atoms with Crippen LogP contribution in [0.4, 0.5) is 0 Å². The van der Waals surface area contributed by atoms with Crippen molar-refractivity contribution < 1.29 is 18.0 Å². The smallest absolute Gasteiger partial charge is 0.267 e. The molecule has 6 nitrogen and oxygen atoms in total. The van der Waals surface area contributed by atoms with Crippen LogP contribution < -0.4 is 4.72 Å². The van der Waals surface area contributed by atoms with E-state index in [1.54, 1.807) is 26.0 Å². The number of carbonyl (C=O) groups is 2. The van der Waals surface area contributed by atoms with E-state index in [1.165, 1.54) is 12.1 Å². The molecule has 0 unspecified atom stereocenters. The average Bonchev–Trinajstić information content (AvgIpc) is 2.51. The van der Waals surface area contributed by atoms with E-state index in [0.717, 1.165) is 0 Å². The van der Waals surface area contributed by atoms with Crippen LogP contribution in [0.25, 0.3) is 0 Å². The van der Waals surface area contributed by atoms with E-state index in [1.807, 2.05) is 0 Å². The summed E-state index contributed by atoms with van der Waals surface area (Å²) < 4.78 is 26.3. The highest BCUT2D eigenvalue weighted by atomic mass is 32.2. The number of imide groups is 1. The monoisotopic (exact) mass is 268 g/mol. The third-order valence-corrected chi connectivity index (χ3v) is 3.96. The van der Waals surface area contributed by atoms with Crippen LogP contribution in [-0.2, 0) is 10.2 Å². The molecular formula is C11H12N2O4S. The topological polar surface area (TPSA) is 83.6 Å². The zero-order valence-corrected chi connectivity index (χ0v) is 10.7. The number of rotatable bonds is 3. The Bertz CT molecular complexity index is 587. The molecule has 1 N–H and O–H groups in total. The van der Waals surface area contributed by atoms with Gasteiger partial charge in [-0.3, -0.25) is 9.59 Å². The van der Waals surface area contributed by atoms with Crippen molar-refractivity contribution in [2.75, 3.05) is 0 Å². The molecule has 0 aromatic heterocycles. The summed E-state index contributed by atoms with van der Waals surface area (Å²) in [5.41, 5.74) is 0.216. The van der Waals surface area contributed by atoms with Crippen molar-refractivity contribution in [3.8, 4) is 0 Å². The van der Waals surface area contributed by atoms with Crippen molar-refractivity contribution in [3.63, 3.8) is 0 Å². The molecule has 0 radical (unpaired) electrons. The molecule has 18 heavy (non-hydrogen) atoms. The lowest BCUT2D eigenvalue weighted by molar-refractivity contribution is 0.0763. The molecule has 1 aliphatic heterocycles. The fourth-order valence-electron chi connectivity index (χ4n) is 1.74. The number of nitrogens with one attached hydrogen (secondary N) is 1. The third-order valence-electron chi connectivity index (χ3n) is 2.38. The standard InChI is InChI=1S/C11H12N2O4S/c1-7(2)12-18(16,17)13-10(14)8-5-3-4-6-9(8)11(13)15/h3-7,12H,1-2H3. The molecule has 1 aliphatic rings. The Balaban J connectivity index is 2.46. The molecule has 0 bridgehead atoms. The van der Waals surface area contributed by atoms with E-state index in [2.05, 4.69) is 4.72 Å². The van der Waals surface area contributed by atoms with Crippen LogP contribution in [0.1, 0.15) is 34.6 Å². The number of benzene rings is 1. The van der Waals surface area contributed by atoms with Gasteiger partial charge in [0.05, 0.1) is 11.1 Å². The van der Waals surface area contributed by atoms with E-state index < -0.39 is 28.1 Å². The molecule has 2 amide bonds.